The molecule has 1 amide bonds. The number of ether oxygens (including phenoxy) is 1. The van der Waals surface area contributed by atoms with Gasteiger partial charge in [-0.1, -0.05) is 0 Å². The molecule has 0 spiro atoms. The van der Waals surface area contributed by atoms with Crippen molar-refractivity contribution in [2.24, 2.45) is 5.92 Å². The molecule has 1 aliphatic rings. The molecule has 0 aliphatic carbocycles. The molecule has 18 heavy (non-hydrogen) atoms. The van der Waals surface area contributed by atoms with Gasteiger partial charge in [0.15, 0.2) is 0 Å². The third kappa shape index (κ3) is 2.61. The molecule has 1 aliphatic heterocycles. The van der Waals surface area contributed by atoms with Gasteiger partial charge in [0.05, 0.1) is 18.7 Å². The van der Waals surface area contributed by atoms with Gasteiger partial charge in [0.25, 0.3) is 0 Å². The minimum Gasteiger partial charge on any atom is -0.494 e. The number of nitrogens with one attached hydrogen (secondary N) is 2. The van der Waals surface area contributed by atoms with Crippen LogP contribution in [0.5, 0.6) is 5.75 Å². The van der Waals surface area contributed by atoms with E-state index in [0.29, 0.717) is 11.4 Å². The molecule has 2 rings (SSSR count). The van der Waals surface area contributed by atoms with E-state index in [1.807, 2.05) is 6.92 Å². The lowest BCUT2D eigenvalue weighted by Gasteiger charge is -2.16. The van der Waals surface area contributed by atoms with Crippen LogP contribution < -0.4 is 15.4 Å². The monoisotopic (exact) mass is 252 g/mol. The highest BCUT2D eigenvalue weighted by Gasteiger charge is 2.29. The Kier molecular flexibility index (Phi) is 3.81. The normalized spacial score (nSPS) is 22.8. The molecule has 0 saturated carbocycles. The van der Waals surface area contributed by atoms with E-state index in [2.05, 4.69) is 10.6 Å². The zero-order valence-electron chi connectivity index (χ0n) is 10.5. The van der Waals surface area contributed by atoms with E-state index in [4.69, 9.17) is 4.74 Å². The van der Waals surface area contributed by atoms with Crippen LogP contribution in [0.25, 0.3) is 0 Å². The summed E-state index contributed by atoms with van der Waals surface area (Å²) in [7, 11) is 1.45. The molecule has 2 atom stereocenters. The van der Waals surface area contributed by atoms with E-state index >= 15 is 0 Å². The summed E-state index contributed by atoms with van der Waals surface area (Å²) >= 11 is 0. The molecular weight excluding hydrogens is 235 g/mol. The lowest BCUT2D eigenvalue weighted by Crippen LogP contribution is -2.32. The van der Waals surface area contributed by atoms with Crippen LogP contribution in [0.2, 0.25) is 0 Å². The van der Waals surface area contributed by atoms with Gasteiger partial charge in [-0.2, -0.15) is 0 Å². The fraction of sp³-hybridized carbons (Fsp3) is 0.462. The number of amides is 1. The molecule has 1 heterocycles. The Morgan fingerprint density at radius 1 is 1.56 bits per heavy atom. The maximum absolute atomic E-state index is 13.0. The first-order chi connectivity index (χ1) is 8.61. The Bertz CT molecular complexity index is 451. The number of rotatable bonds is 3. The highest BCUT2D eigenvalue weighted by Crippen LogP contribution is 2.26. The largest absolute Gasteiger partial charge is 0.494 e. The molecule has 1 fully saturated rings. The van der Waals surface area contributed by atoms with Crippen molar-refractivity contribution >= 4 is 11.6 Å². The Hall–Kier alpha value is -1.62. The highest BCUT2D eigenvalue weighted by molar-refractivity contribution is 5.94. The Balaban J connectivity index is 2.11. The zero-order valence-corrected chi connectivity index (χ0v) is 10.5. The molecule has 1 saturated heterocycles. The molecule has 1 aromatic rings. The third-order valence-electron chi connectivity index (χ3n) is 3.28. The molecule has 0 radical (unpaired) electrons. The van der Waals surface area contributed by atoms with Gasteiger partial charge < -0.3 is 15.4 Å². The Morgan fingerprint density at radius 3 is 2.94 bits per heavy atom. The van der Waals surface area contributed by atoms with E-state index in [1.54, 1.807) is 0 Å². The Morgan fingerprint density at radius 2 is 2.33 bits per heavy atom. The summed E-state index contributed by atoms with van der Waals surface area (Å²) in [5, 5.41) is 6.01. The number of anilines is 1. The number of methoxy groups -OCH3 is 1. The molecule has 5 heteroatoms. The Labute approximate surface area is 106 Å². The van der Waals surface area contributed by atoms with Gasteiger partial charge in [-0.15, -0.1) is 0 Å². The van der Waals surface area contributed by atoms with Gasteiger partial charge >= 0.3 is 0 Å². The quantitative estimate of drug-likeness (QED) is 0.862. The highest BCUT2D eigenvalue weighted by atomic mass is 19.1. The number of halogens is 1. The summed E-state index contributed by atoms with van der Waals surface area (Å²) in [4.78, 5) is 12.1. The standard InChI is InChI=1S/C13H17FN2O2/c1-8-10(5-6-15-8)13(17)16-11-4-3-9(14)7-12(11)18-2/h3-4,7-8,10,15H,5-6H2,1-2H3,(H,16,17). The van der Waals surface area contributed by atoms with Crippen molar-refractivity contribution in [3.05, 3.63) is 24.0 Å². The summed E-state index contributed by atoms with van der Waals surface area (Å²) in [6.07, 6.45) is 0.816. The molecule has 0 aromatic heterocycles. The van der Waals surface area contributed by atoms with Crippen molar-refractivity contribution in [1.82, 2.24) is 5.32 Å². The minimum absolute atomic E-state index is 0.0558. The second-order valence-electron chi connectivity index (χ2n) is 4.47. The van der Waals surface area contributed by atoms with Crippen LogP contribution in [0.15, 0.2) is 18.2 Å². The summed E-state index contributed by atoms with van der Waals surface area (Å²) in [6, 6.07) is 4.23. The van der Waals surface area contributed by atoms with Crippen LogP contribution in [-0.2, 0) is 4.79 Å². The summed E-state index contributed by atoms with van der Waals surface area (Å²) < 4.78 is 18.1. The van der Waals surface area contributed by atoms with E-state index in [1.165, 1.54) is 25.3 Å². The molecule has 1 aromatic carbocycles. The summed E-state index contributed by atoms with van der Waals surface area (Å²) in [5.41, 5.74) is 0.503. The van der Waals surface area contributed by atoms with Gasteiger partial charge in [0.2, 0.25) is 5.91 Å². The fourth-order valence-corrected chi connectivity index (χ4v) is 2.21. The average molecular weight is 252 g/mol. The van der Waals surface area contributed by atoms with Crippen LogP contribution in [0, 0.1) is 11.7 Å². The number of hydrogen-bond acceptors (Lipinski definition) is 3. The van der Waals surface area contributed by atoms with Gasteiger partial charge in [0, 0.05) is 12.1 Å². The van der Waals surface area contributed by atoms with Gasteiger partial charge in [0.1, 0.15) is 11.6 Å². The topological polar surface area (TPSA) is 50.4 Å². The van der Waals surface area contributed by atoms with E-state index in [-0.39, 0.29) is 23.7 Å². The lowest BCUT2D eigenvalue weighted by atomic mass is 10.0. The fourth-order valence-electron chi connectivity index (χ4n) is 2.21. The van der Waals surface area contributed by atoms with Crippen molar-refractivity contribution in [2.75, 3.05) is 19.0 Å². The SMILES string of the molecule is COc1cc(F)ccc1NC(=O)C1CCNC1C. The first-order valence-electron chi connectivity index (χ1n) is 5.99. The van der Waals surface area contributed by atoms with Crippen molar-refractivity contribution in [3.63, 3.8) is 0 Å². The average Bonchev–Trinajstić information content (AvgIpc) is 2.77. The van der Waals surface area contributed by atoms with Crippen LogP contribution in [0.1, 0.15) is 13.3 Å². The van der Waals surface area contributed by atoms with Crippen molar-refractivity contribution in [1.29, 1.82) is 0 Å². The van der Waals surface area contributed by atoms with E-state index in [9.17, 15) is 9.18 Å². The van der Waals surface area contributed by atoms with Crippen LogP contribution in [-0.4, -0.2) is 25.6 Å². The second-order valence-corrected chi connectivity index (χ2v) is 4.47. The molecule has 4 nitrogen and oxygen atoms in total. The van der Waals surface area contributed by atoms with Crippen molar-refractivity contribution in [3.8, 4) is 5.75 Å². The summed E-state index contributed by atoms with van der Waals surface area (Å²) in [5.74, 6) is -0.167. The predicted octanol–water partition coefficient (Wildman–Crippen LogP) is 1.77. The third-order valence-corrected chi connectivity index (χ3v) is 3.28. The predicted molar refractivity (Wildman–Crippen MR) is 67.2 cm³/mol. The second kappa shape index (κ2) is 5.35. The number of carbonyl (C=O) groups excluding carboxylic acids is 1. The smallest absolute Gasteiger partial charge is 0.229 e. The van der Waals surface area contributed by atoms with Crippen molar-refractivity contribution in [2.45, 2.75) is 19.4 Å². The number of hydrogen-bond donors (Lipinski definition) is 2. The maximum atomic E-state index is 13.0. The summed E-state index contributed by atoms with van der Waals surface area (Å²) in [6.45, 7) is 2.83. The molecule has 2 N–H and O–H groups in total. The number of carbonyl (C=O) groups is 1. The maximum Gasteiger partial charge on any atom is 0.229 e. The van der Waals surface area contributed by atoms with Crippen LogP contribution >= 0.6 is 0 Å². The van der Waals surface area contributed by atoms with Crippen LogP contribution in [0.3, 0.4) is 0 Å². The van der Waals surface area contributed by atoms with Gasteiger partial charge in [-0.05, 0) is 32.0 Å². The molecule has 0 bridgehead atoms. The lowest BCUT2D eigenvalue weighted by molar-refractivity contribution is -0.120. The zero-order chi connectivity index (χ0) is 13.1. The van der Waals surface area contributed by atoms with E-state index < -0.39 is 0 Å². The first kappa shape index (κ1) is 12.8. The number of benzene rings is 1. The molecular formula is C13H17FN2O2. The minimum atomic E-state index is -0.388. The van der Waals surface area contributed by atoms with Crippen LogP contribution in [0.4, 0.5) is 10.1 Å². The molecule has 2 unspecified atom stereocenters. The van der Waals surface area contributed by atoms with Gasteiger partial charge in [-0.3, -0.25) is 4.79 Å². The first-order valence-corrected chi connectivity index (χ1v) is 5.99. The van der Waals surface area contributed by atoms with E-state index in [0.717, 1.165) is 13.0 Å². The van der Waals surface area contributed by atoms with Crippen molar-refractivity contribution < 1.29 is 13.9 Å². The van der Waals surface area contributed by atoms with Gasteiger partial charge in [-0.25, -0.2) is 4.39 Å². The molecule has 98 valence electrons.